The van der Waals surface area contributed by atoms with E-state index in [2.05, 4.69) is 9.64 Å². The number of nitrogens with zero attached hydrogens (tertiary/aromatic N) is 2. The maximum atomic E-state index is 13.1. The molecule has 0 radical (unpaired) electrons. The Hall–Kier alpha value is -3.07. The first kappa shape index (κ1) is 19.9. The second kappa shape index (κ2) is 6.98. The first-order valence-electron chi connectivity index (χ1n) is 10.5. The number of nitrogens with two attached hydrogens (primary N) is 1. The molecule has 1 aromatic carbocycles. The lowest BCUT2D eigenvalue weighted by atomic mass is 9.97. The number of methoxy groups -OCH3 is 1. The quantitative estimate of drug-likeness (QED) is 0.435. The summed E-state index contributed by atoms with van der Waals surface area (Å²) in [5.74, 6) is 0.598. The monoisotopic (exact) mass is 427 g/mol. The fourth-order valence-corrected chi connectivity index (χ4v) is 4.97. The van der Waals surface area contributed by atoms with Crippen LogP contribution in [0.3, 0.4) is 0 Å². The van der Waals surface area contributed by atoms with Gasteiger partial charge in [0.05, 0.1) is 18.7 Å². The maximum absolute atomic E-state index is 13.1. The van der Waals surface area contributed by atoms with Crippen molar-refractivity contribution in [3.05, 3.63) is 28.0 Å². The first-order chi connectivity index (χ1) is 14.9. The van der Waals surface area contributed by atoms with Crippen molar-refractivity contribution < 1.29 is 23.8 Å². The van der Waals surface area contributed by atoms with Crippen LogP contribution in [0.4, 0.5) is 5.69 Å². The molecule has 2 fully saturated rings. The summed E-state index contributed by atoms with van der Waals surface area (Å²) in [6, 6.07) is 2.94. The third kappa shape index (κ3) is 2.98. The Morgan fingerprint density at radius 1 is 1.35 bits per heavy atom. The lowest BCUT2D eigenvalue weighted by Crippen LogP contribution is -2.36. The van der Waals surface area contributed by atoms with Gasteiger partial charge in [-0.05, 0) is 44.2 Å². The molecule has 1 saturated carbocycles. The highest BCUT2D eigenvalue weighted by Crippen LogP contribution is 2.50. The van der Waals surface area contributed by atoms with Gasteiger partial charge >= 0.3 is 12.4 Å². The number of anilines is 1. The van der Waals surface area contributed by atoms with Crippen LogP contribution in [-0.4, -0.2) is 49.4 Å². The molecule has 31 heavy (non-hydrogen) atoms. The predicted octanol–water partition coefficient (Wildman–Crippen LogP) is 1.59. The molecule has 2 N–H and O–H groups in total. The van der Waals surface area contributed by atoms with Gasteiger partial charge in [0.25, 0.3) is 5.56 Å². The molecule has 3 heterocycles. The van der Waals surface area contributed by atoms with Crippen molar-refractivity contribution in [3.63, 3.8) is 0 Å². The van der Waals surface area contributed by atoms with Gasteiger partial charge in [0.2, 0.25) is 0 Å². The number of hydrogen-bond acceptors (Lipinski definition) is 8. The summed E-state index contributed by atoms with van der Waals surface area (Å²) in [4.78, 5) is 38.2. The molecule has 5 rings (SSSR count). The highest BCUT2D eigenvalue weighted by molar-refractivity contribution is 6.00. The molecule has 1 aliphatic carbocycles. The van der Waals surface area contributed by atoms with Crippen LogP contribution in [-0.2, 0) is 9.53 Å². The fourth-order valence-electron chi connectivity index (χ4n) is 4.97. The second-order valence-corrected chi connectivity index (χ2v) is 8.75. The van der Waals surface area contributed by atoms with E-state index >= 15 is 0 Å². The minimum Gasteiger partial charge on any atom is -0.494 e. The Morgan fingerprint density at radius 3 is 2.81 bits per heavy atom. The molecule has 1 aromatic heterocycles. The fraction of sp³-hybridized carbons (Fsp3) is 0.500. The van der Waals surface area contributed by atoms with Crippen LogP contribution in [0.25, 0.3) is 10.9 Å². The molecule has 3 aliphatic rings. The van der Waals surface area contributed by atoms with Crippen LogP contribution in [0.5, 0.6) is 11.5 Å². The van der Waals surface area contributed by atoms with Crippen molar-refractivity contribution in [2.45, 2.75) is 37.8 Å². The number of carbonyl (C=O) groups excluding carboxylic acids is 2. The summed E-state index contributed by atoms with van der Waals surface area (Å²) < 4.78 is 17.8. The number of aromatic nitrogens is 1. The van der Waals surface area contributed by atoms with Gasteiger partial charge in [-0.3, -0.25) is 14.2 Å². The Balaban J connectivity index is 1.70. The smallest absolute Gasteiger partial charge is 0.351 e. The number of esters is 1. The highest BCUT2D eigenvalue weighted by atomic mass is 16.6. The number of carbonyl (C=O) groups is 2. The molecule has 2 aromatic rings. The normalized spacial score (nSPS) is 23.4. The summed E-state index contributed by atoms with van der Waals surface area (Å²) in [6.45, 7) is 3.77. The third-order valence-electron chi connectivity index (χ3n) is 6.86. The van der Waals surface area contributed by atoms with Crippen molar-refractivity contribution in [2.75, 3.05) is 31.7 Å². The van der Waals surface area contributed by atoms with E-state index in [0.29, 0.717) is 28.3 Å². The predicted molar refractivity (Wildman–Crippen MR) is 113 cm³/mol. The molecule has 0 unspecified atom stereocenters. The van der Waals surface area contributed by atoms with Gasteiger partial charge in [0.1, 0.15) is 23.6 Å². The van der Waals surface area contributed by atoms with Crippen LogP contribution in [0.15, 0.2) is 16.9 Å². The van der Waals surface area contributed by atoms with Gasteiger partial charge in [-0.1, -0.05) is 0 Å². The zero-order chi connectivity index (χ0) is 21.9. The Kier molecular flexibility index (Phi) is 4.47. The van der Waals surface area contributed by atoms with E-state index in [9.17, 15) is 14.4 Å². The van der Waals surface area contributed by atoms with Crippen LogP contribution in [0.1, 0.15) is 42.6 Å². The zero-order valence-electron chi connectivity index (χ0n) is 17.6. The average molecular weight is 427 g/mol. The van der Waals surface area contributed by atoms with Crippen LogP contribution < -0.4 is 25.7 Å². The number of rotatable bonds is 5. The average Bonchev–Trinajstić information content (AvgIpc) is 3.31. The van der Waals surface area contributed by atoms with E-state index in [1.54, 1.807) is 17.7 Å². The molecule has 0 bridgehead atoms. The van der Waals surface area contributed by atoms with E-state index in [1.165, 1.54) is 6.07 Å². The van der Waals surface area contributed by atoms with Crippen molar-refractivity contribution in [2.24, 2.45) is 11.7 Å². The SMILES string of the molecule is COc1cc2cc(C(=O)OC=O)c(=O)n3c2c(c1N1CC[C@@H](C2(N)CC2)C1)OC[C@@H]3C. The summed E-state index contributed by atoms with van der Waals surface area (Å²) in [5.41, 5.74) is 7.11. The molecule has 0 spiro atoms. The zero-order valence-corrected chi connectivity index (χ0v) is 17.6. The lowest BCUT2D eigenvalue weighted by Gasteiger charge is -2.32. The topological polar surface area (TPSA) is 113 Å². The van der Waals surface area contributed by atoms with Crippen LogP contribution in [0, 0.1) is 5.92 Å². The van der Waals surface area contributed by atoms with E-state index in [4.69, 9.17) is 15.2 Å². The van der Waals surface area contributed by atoms with Gasteiger partial charge in [0.15, 0.2) is 5.75 Å². The molecule has 1 saturated heterocycles. The van der Waals surface area contributed by atoms with Gasteiger partial charge < -0.3 is 24.8 Å². The number of benzene rings is 1. The summed E-state index contributed by atoms with van der Waals surface area (Å²) in [7, 11) is 1.58. The van der Waals surface area contributed by atoms with E-state index in [0.717, 1.165) is 38.0 Å². The molecule has 2 atom stereocenters. The lowest BCUT2D eigenvalue weighted by molar-refractivity contribution is -0.123. The van der Waals surface area contributed by atoms with Crippen LogP contribution in [0.2, 0.25) is 0 Å². The van der Waals surface area contributed by atoms with Gasteiger partial charge in [-0.2, -0.15) is 0 Å². The highest BCUT2D eigenvalue weighted by Gasteiger charge is 2.48. The second-order valence-electron chi connectivity index (χ2n) is 8.75. The van der Waals surface area contributed by atoms with Crippen molar-refractivity contribution >= 4 is 29.0 Å². The van der Waals surface area contributed by atoms with Crippen molar-refractivity contribution in [3.8, 4) is 11.5 Å². The Morgan fingerprint density at radius 2 is 2.13 bits per heavy atom. The van der Waals surface area contributed by atoms with E-state index in [1.807, 2.05) is 6.92 Å². The Bertz CT molecular complexity index is 1150. The molecular weight excluding hydrogens is 402 g/mol. The number of hydrogen-bond donors (Lipinski definition) is 1. The minimum absolute atomic E-state index is 0.0255. The summed E-state index contributed by atoms with van der Waals surface area (Å²) in [6.07, 6.45) is 3.11. The third-order valence-corrected chi connectivity index (χ3v) is 6.86. The van der Waals surface area contributed by atoms with Crippen molar-refractivity contribution in [1.82, 2.24) is 4.57 Å². The molecule has 9 heteroatoms. The van der Waals surface area contributed by atoms with Gasteiger partial charge in [-0.15, -0.1) is 0 Å². The molecule has 0 amide bonds. The van der Waals surface area contributed by atoms with Crippen molar-refractivity contribution in [1.29, 1.82) is 0 Å². The maximum Gasteiger partial charge on any atom is 0.351 e. The Labute approximate surface area is 178 Å². The van der Waals surface area contributed by atoms with E-state index < -0.39 is 11.5 Å². The molecule has 9 nitrogen and oxygen atoms in total. The van der Waals surface area contributed by atoms with Gasteiger partial charge in [0, 0.05) is 24.0 Å². The van der Waals surface area contributed by atoms with Gasteiger partial charge in [-0.25, -0.2) is 4.79 Å². The standard InChI is InChI=1S/C22H25N3O6/c1-12-10-30-19-17-13(7-15(20(27)25(12)17)21(28)31-11-26)8-16(29-2)18(19)24-6-3-14(9-24)22(23)4-5-22/h7-8,11-12,14H,3-6,9-10,23H2,1-2H3/t12-,14+/m0/s1. The van der Waals surface area contributed by atoms with E-state index in [-0.39, 0.29) is 30.2 Å². The number of ether oxygens (including phenoxy) is 3. The molecule has 164 valence electrons. The van der Waals surface area contributed by atoms with Crippen LogP contribution >= 0.6 is 0 Å². The molecular formula is C22H25N3O6. The number of pyridine rings is 1. The largest absolute Gasteiger partial charge is 0.494 e. The minimum atomic E-state index is -0.978. The first-order valence-corrected chi connectivity index (χ1v) is 10.5. The molecule has 2 aliphatic heterocycles. The summed E-state index contributed by atoms with van der Waals surface area (Å²) >= 11 is 0. The summed E-state index contributed by atoms with van der Waals surface area (Å²) in [5, 5.41) is 0.604.